The van der Waals surface area contributed by atoms with Crippen molar-refractivity contribution in [3.63, 3.8) is 0 Å². The second-order valence-electron chi connectivity index (χ2n) is 6.11. The summed E-state index contributed by atoms with van der Waals surface area (Å²) in [5.41, 5.74) is 2.50. The molecule has 1 aromatic carbocycles. The van der Waals surface area contributed by atoms with E-state index in [4.69, 9.17) is 0 Å². The fourth-order valence-electron chi connectivity index (χ4n) is 2.92. The van der Waals surface area contributed by atoms with Gasteiger partial charge in [-0.15, -0.1) is 11.8 Å². The van der Waals surface area contributed by atoms with E-state index in [-0.39, 0.29) is 5.91 Å². The third-order valence-electron chi connectivity index (χ3n) is 4.29. The first-order chi connectivity index (χ1) is 11.6. The van der Waals surface area contributed by atoms with Gasteiger partial charge in [0.2, 0.25) is 5.91 Å². The number of piperazine rings is 1. The van der Waals surface area contributed by atoms with Crippen molar-refractivity contribution in [2.24, 2.45) is 0 Å². The first-order valence-electron chi connectivity index (χ1n) is 8.27. The summed E-state index contributed by atoms with van der Waals surface area (Å²) in [4.78, 5) is 22.2. The Balaban J connectivity index is 1.50. The molecule has 0 radical (unpaired) electrons. The Bertz CT molecular complexity index is 697. The molecule has 0 spiro atoms. The molecule has 24 heavy (non-hydrogen) atoms. The molecule has 0 N–H and O–H groups in total. The number of anilines is 1. The molecule has 1 fully saturated rings. The molecule has 2 heterocycles. The highest BCUT2D eigenvalue weighted by Gasteiger charge is 2.21. The Morgan fingerprint density at radius 2 is 1.92 bits per heavy atom. The average Bonchev–Trinajstić information content (AvgIpc) is 2.62. The van der Waals surface area contributed by atoms with Gasteiger partial charge in [0.1, 0.15) is 5.82 Å². The van der Waals surface area contributed by atoms with E-state index in [1.54, 1.807) is 11.8 Å². The quantitative estimate of drug-likeness (QED) is 0.801. The number of hydrogen-bond donors (Lipinski definition) is 0. The van der Waals surface area contributed by atoms with Crippen molar-refractivity contribution in [1.29, 1.82) is 0 Å². The van der Waals surface area contributed by atoms with Crippen LogP contribution in [0.4, 0.5) is 5.82 Å². The van der Waals surface area contributed by atoms with Crippen molar-refractivity contribution in [3.8, 4) is 0 Å². The largest absolute Gasteiger partial charge is 0.353 e. The summed E-state index contributed by atoms with van der Waals surface area (Å²) in [6.45, 7) is 7.42. The number of nitrogens with zero attached hydrogens (tertiary/aromatic N) is 3. The summed E-state index contributed by atoms with van der Waals surface area (Å²) >= 11 is 1.64. The molecule has 1 amide bonds. The van der Waals surface area contributed by atoms with Crippen LogP contribution < -0.4 is 4.90 Å². The lowest BCUT2D eigenvalue weighted by atomic mass is 10.2. The zero-order chi connectivity index (χ0) is 16.9. The summed E-state index contributed by atoms with van der Waals surface area (Å²) < 4.78 is 0. The fourth-order valence-corrected chi connectivity index (χ4v) is 3.83. The molecule has 0 atom stereocenters. The van der Waals surface area contributed by atoms with Crippen LogP contribution in [-0.4, -0.2) is 47.7 Å². The van der Waals surface area contributed by atoms with Gasteiger partial charge in [0.25, 0.3) is 0 Å². The summed E-state index contributed by atoms with van der Waals surface area (Å²) in [6, 6.07) is 12.3. The lowest BCUT2D eigenvalue weighted by Gasteiger charge is -2.35. The standard InChI is InChI=1S/C19H23N3OS/c1-15-6-7-17(16(2)13-15)24-14-19(23)22-11-9-21(10-12-22)18-5-3-4-8-20-18/h3-8,13H,9-12,14H2,1-2H3. The van der Waals surface area contributed by atoms with Gasteiger partial charge in [0.15, 0.2) is 0 Å². The first kappa shape index (κ1) is 16.8. The van der Waals surface area contributed by atoms with Crippen molar-refractivity contribution in [1.82, 2.24) is 9.88 Å². The maximum Gasteiger partial charge on any atom is 0.233 e. The molecule has 5 heteroatoms. The van der Waals surface area contributed by atoms with Crippen LogP contribution in [-0.2, 0) is 4.79 Å². The highest BCUT2D eigenvalue weighted by molar-refractivity contribution is 8.00. The molecule has 126 valence electrons. The van der Waals surface area contributed by atoms with E-state index in [2.05, 4.69) is 41.9 Å². The van der Waals surface area contributed by atoms with Crippen LogP contribution in [0.5, 0.6) is 0 Å². The number of hydrogen-bond acceptors (Lipinski definition) is 4. The normalized spacial score (nSPS) is 14.8. The molecule has 1 aromatic heterocycles. The van der Waals surface area contributed by atoms with Crippen molar-refractivity contribution in [2.45, 2.75) is 18.7 Å². The molecule has 1 aliphatic heterocycles. The van der Waals surface area contributed by atoms with Crippen LogP contribution >= 0.6 is 11.8 Å². The fraction of sp³-hybridized carbons (Fsp3) is 0.368. The average molecular weight is 341 g/mol. The number of rotatable bonds is 4. The number of amides is 1. The minimum Gasteiger partial charge on any atom is -0.353 e. The van der Waals surface area contributed by atoms with E-state index >= 15 is 0 Å². The van der Waals surface area contributed by atoms with Gasteiger partial charge in [-0.3, -0.25) is 4.79 Å². The van der Waals surface area contributed by atoms with Crippen LogP contribution in [0.1, 0.15) is 11.1 Å². The number of benzene rings is 1. The summed E-state index contributed by atoms with van der Waals surface area (Å²) in [5, 5.41) is 0. The molecule has 0 unspecified atom stereocenters. The van der Waals surface area contributed by atoms with E-state index in [1.807, 2.05) is 29.3 Å². The van der Waals surface area contributed by atoms with E-state index < -0.39 is 0 Å². The first-order valence-corrected chi connectivity index (χ1v) is 9.26. The third kappa shape index (κ3) is 4.09. The molecule has 1 aliphatic rings. The highest BCUT2D eigenvalue weighted by atomic mass is 32.2. The molecule has 0 saturated carbocycles. The van der Waals surface area contributed by atoms with Crippen molar-refractivity contribution < 1.29 is 4.79 Å². The molecule has 2 aromatic rings. The van der Waals surface area contributed by atoms with Gasteiger partial charge in [-0.25, -0.2) is 4.98 Å². The highest BCUT2D eigenvalue weighted by Crippen LogP contribution is 2.24. The third-order valence-corrected chi connectivity index (χ3v) is 5.45. The lowest BCUT2D eigenvalue weighted by molar-refractivity contribution is -0.128. The Hall–Kier alpha value is -2.01. The molecular formula is C19H23N3OS. The topological polar surface area (TPSA) is 36.4 Å². The van der Waals surface area contributed by atoms with Gasteiger partial charge in [0, 0.05) is 37.3 Å². The van der Waals surface area contributed by atoms with Gasteiger partial charge in [0.05, 0.1) is 5.75 Å². The lowest BCUT2D eigenvalue weighted by Crippen LogP contribution is -2.49. The van der Waals surface area contributed by atoms with E-state index in [0.29, 0.717) is 5.75 Å². The minimum atomic E-state index is 0.223. The van der Waals surface area contributed by atoms with Crippen molar-refractivity contribution >= 4 is 23.5 Å². The van der Waals surface area contributed by atoms with Crippen LogP contribution in [0.2, 0.25) is 0 Å². The Kier molecular flexibility index (Phi) is 5.41. The second kappa shape index (κ2) is 7.71. The number of pyridine rings is 1. The maximum atomic E-state index is 12.5. The summed E-state index contributed by atoms with van der Waals surface area (Å²) in [7, 11) is 0. The Morgan fingerprint density at radius 3 is 2.58 bits per heavy atom. The van der Waals surface area contributed by atoms with E-state index in [0.717, 1.165) is 32.0 Å². The molecule has 0 aliphatic carbocycles. The molecule has 0 bridgehead atoms. The molecule has 1 saturated heterocycles. The number of aryl methyl sites for hydroxylation is 2. The van der Waals surface area contributed by atoms with Crippen LogP contribution in [0.3, 0.4) is 0 Å². The van der Waals surface area contributed by atoms with Gasteiger partial charge in [-0.2, -0.15) is 0 Å². The number of aromatic nitrogens is 1. The summed E-state index contributed by atoms with van der Waals surface area (Å²) in [5.74, 6) is 1.72. The minimum absolute atomic E-state index is 0.223. The van der Waals surface area contributed by atoms with Gasteiger partial charge >= 0.3 is 0 Å². The van der Waals surface area contributed by atoms with Crippen molar-refractivity contribution in [3.05, 3.63) is 53.7 Å². The second-order valence-corrected chi connectivity index (χ2v) is 7.13. The van der Waals surface area contributed by atoms with E-state index in [1.165, 1.54) is 16.0 Å². The molecule has 4 nitrogen and oxygen atoms in total. The summed E-state index contributed by atoms with van der Waals surface area (Å²) in [6.07, 6.45) is 1.81. The maximum absolute atomic E-state index is 12.5. The van der Waals surface area contributed by atoms with Gasteiger partial charge in [-0.05, 0) is 37.6 Å². The van der Waals surface area contributed by atoms with Crippen LogP contribution in [0.25, 0.3) is 0 Å². The number of carbonyl (C=O) groups excluding carboxylic acids is 1. The number of thioether (sulfide) groups is 1. The van der Waals surface area contributed by atoms with Crippen LogP contribution in [0, 0.1) is 13.8 Å². The predicted molar refractivity (Wildman–Crippen MR) is 99.7 cm³/mol. The zero-order valence-electron chi connectivity index (χ0n) is 14.2. The monoisotopic (exact) mass is 341 g/mol. The molecular weight excluding hydrogens is 318 g/mol. The Morgan fingerprint density at radius 1 is 1.12 bits per heavy atom. The van der Waals surface area contributed by atoms with Crippen LogP contribution in [0.15, 0.2) is 47.5 Å². The van der Waals surface area contributed by atoms with Gasteiger partial charge in [-0.1, -0.05) is 23.8 Å². The molecule has 3 rings (SSSR count). The zero-order valence-corrected chi connectivity index (χ0v) is 15.1. The smallest absolute Gasteiger partial charge is 0.233 e. The Labute approximate surface area is 147 Å². The van der Waals surface area contributed by atoms with E-state index in [9.17, 15) is 4.79 Å². The number of carbonyl (C=O) groups is 1. The van der Waals surface area contributed by atoms with Gasteiger partial charge < -0.3 is 9.80 Å². The SMILES string of the molecule is Cc1ccc(SCC(=O)N2CCN(c3ccccn3)CC2)c(C)c1. The van der Waals surface area contributed by atoms with Crippen molar-refractivity contribution in [2.75, 3.05) is 36.8 Å². The predicted octanol–water partition coefficient (Wildman–Crippen LogP) is 3.14.